The van der Waals surface area contributed by atoms with Crippen molar-refractivity contribution in [2.75, 3.05) is 26.2 Å². The van der Waals surface area contributed by atoms with Crippen molar-refractivity contribution in [2.45, 2.75) is 24.8 Å². The Bertz CT molecular complexity index is 150. The maximum absolute atomic E-state index is 3.51. The number of hydrogen-bond acceptors (Lipinski definition) is 2. The lowest BCUT2D eigenvalue weighted by Gasteiger charge is -2.30. The summed E-state index contributed by atoms with van der Waals surface area (Å²) in [6.45, 7) is 5.30. The Kier molecular flexibility index (Phi) is 1.16. The molecule has 3 saturated heterocycles. The number of rotatable bonds is 0. The zero-order valence-corrected chi connectivity index (χ0v) is 6.97. The first-order valence-electron chi connectivity index (χ1n) is 4.88. The van der Waals surface area contributed by atoms with Crippen molar-refractivity contribution in [1.82, 2.24) is 10.2 Å². The topological polar surface area (TPSA) is 15.3 Å². The Morgan fingerprint density at radius 3 is 2.55 bits per heavy atom. The average molecular weight is 152 g/mol. The first kappa shape index (κ1) is 6.44. The predicted molar refractivity (Wildman–Crippen MR) is 44.5 cm³/mol. The smallest absolute Gasteiger partial charge is 0.0375 e. The zero-order chi connectivity index (χ0) is 7.31. The minimum atomic E-state index is 0.639. The second kappa shape index (κ2) is 1.99. The summed E-state index contributed by atoms with van der Waals surface area (Å²) in [5.41, 5.74) is 0.639. The molecule has 0 amide bonds. The van der Waals surface area contributed by atoms with Crippen molar-refractivity contribution in [3.05, 3.63) is 0 Å². The van der Waals surface area contributed by atoms with Crippen LogP contribution in [-0.2, 0) is 0 Å². The summed E-state index contributed by atoms with van der Waals surface area (Å²) in [7, 11) is 0. The molecule has 2 nitrogen and oxygen atoms in total. The molecule has 0 aromatic rings. The summed E-state index contributed by atoms with van der Waals surface area (Å²) < 4.78 is 0. The third kappa shape index (κ3) is 0.651. The van der Waals surface area contributed by atoms with Crippen LogP contribution in [0.2, 0.25) is 0 Å². The molecule has 0 aliphatic carbocycles. The van der Waals surface area contributed by atoms with Crippen molar-refractivity contribution >= 4 is 0 Å². The van der Waals surface area contributed by atoms with Crippen LogP contribution in [-0.4, -0.2) is 36.6 Å². The summed E-state index contributed by atoms with van der Waals surface area (Å²) >= 11 is 0. The van der Waals surface area contributed by atoms with Crippen molar-refractivity contribution in [1.29, 1.82) is 0 Å². The van der Waals surface area contributed by atoms with E-state index in [2.05, 4.69) is 10.2 Å². The van der Waals surface area contributed by atoms with Gasteiger partial charge in [0.25, 0.3) is 0 Å². The van der Waals surface area contributed by atoms with Crippen LogP contribution in [0.5, 0.6) is 0 Å². The van der Waals surface area contributed by atoms with Crippen LogP contribution in [0.1, 0.15) is 19.3 Å². The minimum Gasteiger partial charge on any atom is -0.315 e. The maximum Gasteiger partial charge on any atom is 0.0375 e. The van der Waals surface area contributed by atoms with E-state index in [0.29, 0.717) is 5.54 Å². The van der Waals surface area contributed by atoms with Gasteiger partial charge < -0.3 is 5.32 Å². The highest BCUT2D eigenvalue weighted by molar-refractivity contribution is 5.10. The van der Waals surface area contributed by atoms with Crippen LogP contribution in [0.25, 0.3) is 0 Å². The molecule has 62 valence electrons. The fourth-order valence-electron chi connectivity index (χ4n) is 3.44. The molecule has 0 aromatic carbocycles. The molecule has 0 aromatic heterocycles. The van der Waals surface area contributed by atoms with Crippen LogP contribution >= 0.6 is 0 Å². The first-order chi connectivity index (χ1) is 5.42. The van der Waals surface area contributed by atoms with Gasteiger partial charge in [0.05, 0.1) is 0 Å². The number of piperidine rings is 1. The molecule has 1 spiro atoms. The van der Waals surface area contributed by atoms with E-state index in [0.717, 1.165) is 5.92 Å². The van der Waals surface area contributed by atoms with E-state index in [4.69, 9.17) is 0 Å². The molecule has 0 unspecified atom stereocenters. The van der Waals surface area contributed by atoms with Gasteiger partial charge >= 0.3 is 0 Å². The van der Waals surface area contributed by atoms with Gasteiger partial charge in [-0.1, -0.05) is 0 Å². The Morgan fingerprint density at radius 1 is 1.27 bits per heavy atom. The summed E-state index contributed by atoms with van der Waals surface area (Å²) in [4.78, 5) is 2.73. The Balaban J connectivity index is 1.95. The molecule has 1 N–H and O–H groups in total. The standard InChI is InChI=1S/C9H16N2/c1-5-11-6-2-8(1)9(11)3-4-10-7-9/h8,10H,1-7H2/t9-/m0/s1. The fraction of sp³-hybridized carbons (Fsp3) is 1.00. The molecule has 1 atom stereocenters. The van der Waals surface area contributed by atoms with E-state index < -0.39 is 0 Å². The van der Waals surface area contributed by atoms with Gasteiger partial charge in [-0.25, -0.2) is 0 Å². The second-order valence-electron chi connectivity index (χ2n) is 4.29. The summed E-state index contributed by atoms with van der Waals surface area (Å²) in [5, 5.41) is 3.51. The molecular weight excluding hydrogens is 136 g/mol. The molecule has 0 saturated carbocycles. The molecule has 3 heterocycles. The van der Waals surface area contributed by atoms with Gasteiger partial charge in [0.2, 0.25) is 0 Å². The van der Waals surface area contributed by atoms with Crippen LogP contribution in [0.4, 0.5) is 0 Å². The van der Waals surface area contributed by atoms with Gasteiger partial charge in [-0.2, -0.15) is 0 Å². The van der Waals surface area contributed by atoms with Crippen LogP contribution < -0.4 is 5.32 Å². The Labute approximate surface area is 68.0 Å². The zero-order valence-electron chi connectivity index (χ0n) is 6.97. The van der Waals surface area contributed by atoms with E-state index in [1.165, 1.54) is 45.4 Å². The van der Waals surface area contributed by atoms with E-state index in [9.17, 15) is 0 Å². The maximum atomic E-state index is 3.51. The minimum absolute atomic E-state index is 0.639. The van der Waals surface area contributed by atoms with Gasteiger partial charge in [-0.05, 0) is 44.8 Å². The second-order valence-corrected chi connectivity index (χ2v) is 4.29. The third-order valence-corrected chi connectivity index (χ3v) is 4.05. The summed E-state index contributed by atoms with van der Waals surface area (Å²) in [5.74, 6) is 1.04. The largest absolute Gasteiger partial charge is 0.315 e. The van der Waals surface area contributed by atoms with Gasteiger partial charge in [0, 0.05) is 12.1 Å². The number of hydrogen-bond donors (Lipinski definition) is 1. The molecule has 3 aliphatic heterocycles. The molecule has 3 rings (SSSR count). The highest BCUT2D eigenvalue weighted by Crippen LogP contribution is 2.46. The van der Waals surface area contributed by atoms with E-state index >= 15 is 0 Å². The lowest BCUT2D eigenvalue weighted by molar-refractivity contribution is 0.192. The molecule has 3 aliphatic rings. The summed E-state index contributed by atoms with van der Waals surface area (Å²) in [6, 6.07) is 0. The lowest BCUT2D eigenvalue weighted by Crippen LogP contribution is -2.43. The highest BCUT2D eigenvalue weighted by Gasteiger charge is 2.53. The fourth-order valence-corrected chi connectivity index (χ4v) is 3.44. The van der Waals surface area contributed by atoms with Crippen LogP contribution in [0.3, 0.4) is 0 Å². The molecule has 2 heteroatoms. The van der Waals surface area contributed by atoms with Crippen molar-refractivity contribution in [3.63, 3.8) is 0 Å². The Morgan fingerprint density at radius 2 is 2.09 bits per heavy atom. The SMILES string of the molecule is C1C[C@]2(CN1)C1CCN2CC1. The molecule has 3 fully saturated rings. The van der Waals surface area contributed by atoms with E-state index in [1.54, 1.807) is 0 Å². The molecule has 0 radical (unpaired) electrons. The van der Waals surface area contributed by atoms with Gasteiger partial charge in [0.15, 0.2) is 0 Å². The van der Waals surface area contributed by atoms with E-state index in [-0.39, 0.29) is 0 Å². The summed E-state index contributed by atoms with van der Waals surface area (Å²) in [6.07, 6.45) is 4.36. The normalized spacial score (nSPS) is 54.5. The highest BCUT2D eigenvalue weighted by atomic mass is 15.3. The quantitative estimate of drug-likeness (QED) is 0.542. The first-order valence-corrected chi connectivity index (χ1v) is 4.88. The van der Waals surface area contributed by atoms with Gasteiger partial charge in [-0.3, -0.25) is 4.90 Å². The van der Waals surface area contributed by atoms with Crippen molar-refractivity contribution < 1.29 is 0 Å². The lowest BCUT2D eigenvalue weighted by atomic mass is 9.85. The molecule has 2 bridgehead atoms. The van der Waals surface area contributed by atoms with Crippen molar-refractivity contribution in [2.24, 2.45) is 5.92 Å². The average Bonchev–Trinajstić information content (AvgIpc) is 2.72. The number of nitrogens with zero attached hydrogens (tertiary/aromatic N) is 1. The van der Waals surface area contributed by atoms with Gasteiger partial charge in [0.1, 0.15) is 0 Å². The Hall–Kier alpha value is -0.0800. The predicted octanol–water partition coefficient (Wildman–Crippen LogP) is 0.444. The van der Waals surface area contributed by atoms with Crippen LogP contribution in [0, 0.1) is 5.92 Å². The molecular formula is C9H16N2. The monoisotopic (exact) mass is 152 g/mol. The third-order valence-electron chi connectivity index (χ3n) is 4.05. The van der Waals surface area contributed by atoms with Gasteiger partial charge in [-0.15, -0.1) is 0 Å². The molecule has 11 heavy (non-hydrogen) atoms. The van der Waals surface area contributed by atoms with E-state index in [1.807, 2.05) is 0 Å². The van der Waals surface area contributed by atoms with Crippen LogP contribution in [0.15, 0.2) is 0 Å². The number of nitrogens with one attached hydrogen (secondary N) is 1. The van der Waals surface area contributed by atoms with Crippen molar-refractivity contribution in [3.8, 4) is 0 Å².